The summed E-state index contributed by atoms with van der Waals surface area (Å²) >= 11 is 1.77. The van der Waals surface area contributed by atoms with Gasteiger partial charge in [0.15, 0.2) is 5.82 Å². The second-order valence-corrected chi connectivity index (χ2v) is 7.20. The molecule has 1 saturated heterocycles. The van der Waals surface area contributed by atoms with E-state index in [1.54, 1.807) is 11.3 Å². The maximum absolute atomic E-state index is 4.72. The van der Waals surface area contributed by atoms with Crippen LogP contribution in [0.2, 0.25) is 0 Å². The van der Waals surface area contributed by atoms with Crippen LogP contribution in [0.15, 0.2) is 5.51 Å². The van der Waals surface area contributed by atoms with Gasteiger partial charge in [-0.3, -0.25) is 10.00 Å². The van der Waals surface area contributed by atoms with Gasteiger partial charge >= 0.3 is 0 Å². The molecule has 0 aromatic carbocycles. The average Bonchev–Trinajstić information content (AvgIpc) is 3.10. The van der Waals surface area contributed by atoms with Crippen LogP contribution in [-0.4, -0.2) is 38.2 Å². The Morgan fingerprint density at radius 2 is 2.05 bits per heavy atom. The second-order valence-electron chi connectivity index (χ2n) is 6.26. The van der Waals surface area contributed by atoms with E-state index < -0.39 is 0 Å². The van der Waals surface area contributed by atoms with Crippen molar-refractivity contribution in [3.63, 3.8) is 0 Å². The van der Waals surface area contributed by atoms with Crippen molar-refractivity contribution in [1.82, 2.24) is 25.1 Å². The van der Waals surface area contributed by atoms with E-state index in [0.29, 0.717) is 11.8 Å². The van der Waals surface area contributed by atoms with Crippen LogP contribution in [0, 0.1) is 6.92 Å². The van der Waals surface area contributed by atoms with Crippen LogP contribution in [0.1, 0.15) is 59.7 Å². The first-order valence-corrected chi connectivity index (χ1v) is 8.71. The zero-order valence-corrected chi connectivity index (χ0v) is 13.2. The maximum Gasteiger partial charge on any atom is 0.153 e. The lowest BCUT2D eigenvalue weighted by Crippen LogP contribution is -2.32. The molecule has 5 nitrogen and oxygen atoms in total. The molecule has 0 bridgehead atoms. The van der Waals surface area contributed by atoms with Crippen molar-refractivity contribution in [3.8, 4) is 0 Å². The topological polar surface area (TPSA) is 57.7 Å². The number of piperidine rings is 1. The quantitative estimate of drug-likeness (QED) is 0.943. The Labute approximate surface area is 128 Å². The summed E-state index contributed by atoms with van der Waals surface area (Å²) in [5, 5.41) is 7.57. The van der Waals surface area contributed by atoms with Crippen molar-refractivity contribution in [2.75, 3.05) is 13.1 Å². The monoisotopic (exact) mass is 303 g/mol. The molecule has 21 heavy (non-hydrogen) atoms. The predicted molar refractivity (Wildman–Crippen MR) is 82.5 cm³/mol. The minimum Gasteiger partial charge on any atom is -0.298 e. The van der Waals surface area contributed by atoms with E-state index in [1.165, 1.54) is 36.3 Å². The van der Waals surface area contributed by atoms with Gasteiger partial charge in [-0.25, -0.2) is 9.97 Å². The Hall–Kier alpha value is -1.27. The minimum absolute atomic E-state index is 0.559. The molecule has 1 saturated carbocycles. The SMILES string of the molecule is Cc1ncsc1CN1CCC(c2nc(C3CC3)n[nH]2)CC1. The summed E-state index contributed by atoms with van der Waals surface area (Å²) in [7, 11) is 0. The standard InChI is InChI=1S/C15H21N5S/c1-10-13(21-9-16-10)8-20-6-4-12(5-7-20)15-17-14(18-19-15)11-2-3-11/h9,11-12H,2-8H2,1H3,(H,17,18,19). The van der Waals surface area contributed by atoms with Gasteiger partial charge in [-0.2, -0.15) is 5.10 Å². The van der Waals surface area contributed by atoms with Crippen molar-refractivity contribution in [2.24, 2.45) is 0 Å². The van der Waals surface area contributed by atoms with E-state index in [2.05, 4.69) is 27.0 Å². The number of aryl methyl sites for hydroxylation is 1. The lowest BCUT2D eigenvalue weighted by Gasteiger charge is -2.30. The highest BCUT2D eigenvalue weighted by molar-refractivity contribution is 7.09. The summed E-state index contributed by atoms with van der Waals surface area (Å²) in [6, 6.07) is 0. The third kappa shape index (κ3) is 2.87. The Morgan fingerprint density at radius 3 is 2.71 bits per heavy atom. The van der Waals surface area contributed by atoms with Crippen LogP contribution in [0.25, 0.3) is 0 Å². The van der Waals surface area contributed by atoms with Gasteiger partial charge in [0.2, 0.25) is 0 Å². The lowest BCUT2D eigenvalue weighted by molar-refractivity contribution is 0.203. The molecule has 0 amide bonds. The molecule has 0 spiro atoms. The Bertz CT molecular complexity index is 607. The minimum atomic E-state index is 0.559. The maximum atomic E-state index is 4.72. The Balaban J connectivity index is 1.34. The molecule has 6 heteroatoms. The van der Waals surface area contributed by atoms with E-state index in [-0.39, 0.29) is 0 Å². The Kier molecular flexibility index (Phi) is 3.51. The number of hydrogen-bond donors (Lipinski definition) is 1. The van der Waals surface area contributed by atoms with E-state index in [9.17, 15) is 0 Å². The molecule has 0 atom stereocenters. The second kappa shape index (κ2) is 5.50. The van der Waals surface area contributed by atoms with Crippen LogP contribution in [0.4, 0.5) is 0 Å². The number of thiazole rings is 1. The number of nitrogens with one attached hydrogen (secondary N) is 1. The van der Waals surface area contributed by atoms with Crippen molar-refractivity contribution >= 4 is 11.3 Å². The van der Waals surface area contributed by atoms with Crippen molar-refractivity contribution < 1.29 is 0 Å². The van der Waals surface area contributed by atoms with Crippen LogP contribution in [0.3, 0.4) is 0 Å². The molecule has 0 unspecified atom stereocenters. The molecular formula is C15H21N5S. The van der Waals surface area contributed by atoms with E-state index in [0.717, 1.165) is 31.3 Å². The average molecular weight is 303 g/mol. The van der Waals surface area contributed by atoms with Crippen LogP contribution >= 0.6 is 11.3 Å². The molecule has 112 valence electrons. The molecule has 3 heterocycles. The summed E-state index contributed by atoms with van der Waals surface area (Å²) in [5.74, 6) is 3.37. The van der Waals surface area contributed by atoms with Crippen molar-refractivity contribution in [2.45, 2.75) is 51.0 Å². The number of hydrogen-bond acceptors (Lipinski definition) is 5. The molecule has 1 aliphatic carbocycles. The fourth-order valence-corrected chi connectivity index (χ4v) is 3.86. The van der Waals surface area contributed by atoms with Gasteiger partial charge in [0, 0.05) is 23.3 Å². The number of nitrogens with zero attached hydrogens (tertiary/aromatic N) is 4. The Morgan fingerprint density at radius 1 is 1.24 bits per heavy atom. The molecule has 2 aliphatic rings. The van der Waals surface area contributed by atoms with E-state index in [4.69, 9.17) is 4.98 Å². The molecule has 2 aromatic rings. The summed E-state index contributed by atoms with van der Waals surface area (Å²) in [6.07, 6.45) is 4.89. The van der Waals surface area contributed by atoms with Crippen LogP contribution < -0.4 is 0 Å². The van der Waals surface area contributed by atoms with Gasteiger partial charge < -0.3 is 0 Å². The zero-order valence-electron chi connectivity index (χ0n) is 12.4. The highest BCUT2D eigenvalue weighted by Gasteiger charge is 2.30. The zero-order chi connectivity index (χ0) is 14.2. The number of aromatic nitrogens is 4. The fraction of sp³-hybridized carbons (Fsp3) is 0.667. The molecule has 4 rings (SSSR count). The number of likely N-dealkylation sites (tertiary alicyclic amines) is 1. The largest absolute Gasteiger partial charge is 0.298 e. The molecule has 1 N–H and O–H groups in total. The summed E-state index contributed by atoms with van der Waals surface area (Å²) in [6.45, 7) is 5.43. The van der Waals surface area contributed by atoms with E-state index >= 15 is 0 Å². The van der Waals surface area contributed by atoms with Gasteiger partial charge in [0.1, 0.15) is 5.82 Å². The highest BCUT2D eigenvalue weighted by Crippen LogP contribution is 2.38. The van der Waals surface area contributed by atoms with Gasteiger partial charge in [-0.05, 0) is 45.7 Å². The number of H-pyrrole nitrogens is 1. The third-order valence-corrected chi connectivity index (χ3v) is 5.57. The van der Waals surface area contributed by atoms with Gasteiger partial charge in [-0.1, -0.05) is 0 Å². The molecule has 2 fully saturated rings. The van der Waals surface area contributed by atoms with E-state index in [1.807, 2.05) is 5.51 Å². The number of aromatic amines is 1. The summed E-state index contributed by atoms with van der Waals surface area (Å²) in [4.78, 5) is 13.0. The van der Waals surface area contributed by atoms with Crippen LogP contribution in [0.5, 0.6) is 0 Å². The first-order chi connectivity index (χ1) is 10.3. The van der Waals surface area contributed by atoms with Crippen LogP contribution in [-0.2, 0) is 6.54 Å². The molecule has 2 aromatic heterocycles. The summed E-state index contributed by atoms with van der Waals surface area (Å²) in [5.41, 5.74) is 3.14. The highest BCUT2D eigenvalue weighted by atomic mass is 32.1. The van der Waals surface area contributed by atoms with Gasteiger partial charge in [-0.15, -0.1) is 11.3 Å². The predicted octanol–water partition coefficient (Wildman–Crippen LogP) is 2.83. The van der Waals surface area contributed by atoms with Crippen molar-refractivity contribution in [1.29, 1.82) is 0 Å². The smallest absolute Gasteiger partial charge is 0.153 e. The first kappa shape index (κ1) is 13.4. The summed E-state index contributed by atoms with van der Waals surface area (Å²) < 4.78 is 0. The molecular weight excluding hydrogens is 282 g/mol. The van der Waals surface area contributed by atoms with Gasteiger partial charge in [0.25, 0.3) is 0 Å². The number of rotatable bonds is 4. The molecule has 0 radical (unpaired) electrons. The van der Waals surface area contributed by atoms with Gasteiger partial charge in [0.05, 0.1) is 11.2 Å². The fourth-order valence-electron chi connectivity index (χ4n) is 3.04. The normalized spacial score (nSPS) is 21.0. The first-order valence-electron chi connectivity index (χ1n) is 7.83. The third-order valence-electron chi connectivity index (χ3n) is 4.65. The lowest BCUT2D eigenvalue weighted by atomic mass is 9.96. The molecule has 1 aliphatic heterocycles. The van der Waals surface area contributed by atoms with Crippen molar-refractivity contribution in [3.05, 3.63) is 27.7 Å².